The highest BCUT2D eigenvalue weighted by atomic mass is 16.6. The van der Waals surface area contributed by atoms with Gasteiger partial charge in [0.15, 0.2) is 0 Å². The van der Waals surface area contributed by atoms with Gasteiger partial charge in [0, 0.05) is 24.9 Å². The Balaban J connectivity index is 1.79. The van der Waals surface area contributed by atoms with Gasteiger partial charge >= 0.3 is 0 Å². The van der Waals surface area contributed by atoms with E-state index in [1.54, 1.807) is 6.92 Å². The summed E-state index contributed by atoms with van der Waals surface area (Å²) in [6.45, 7) is 7.12. The van der Waals surface area contributed by atoms with Crippen LogP contribution in [0.15, 0.2) is 0 Å². The van der Waals surface area contributed by atoms with Gasteiger partial charge in [0.1, 0.15) is 0 Å². The highest BCUT2D eigenvalue weighted by Crippen LogP contribution is 2.59. The fourth-order valence-corrected chi connectivity index (χ4v) is 3.92. The van der Waals surface area contributed by atoms with Crippen molar-refractivity contribution < 1.29 is 9.53 Å². The van der Waals surface area contributed by atoms with Crippen LogP contribution in [0.4, 0.5) is 0 Å². The third kappa shape index (κ3) is 1.19. The molecule has 0 radical (unpaired) electrons. The third-order valence-corrected chi connectivity index (χ3v) is 4.39. The van der Waals surface area contributed by atoms with Gasteiger partial charge in [0.05, 0.1) is 12.2 Å². The molecule has 3 heteroatoms. The summed E-state index contributed by atoms with van der Waals surface area (Å²) in [6.07, 6.45) is 3.43. The molecular weight excluding hydrogens is 190 g/mol. The van der Waals surface area contributed by atoms with Crippen LogP contribution >= 0.6 is 0 Å². The van der Waals surface area contributed by atoms with Gasteiger partial charge in [-0.3, -0.25) is 4.79 Å². The molecule has 2 aliphatic heterocycles. The lowest BCUT2D eigenvalue weighted by Gasteiger charge is -2.58. The number of amides is 1. The maximum atomic E-state index is 11.5. The summed E-state index contributed by atoms with van der Waals surface area (Å²) >= 11 is 0. The summed E-state index contributed by atoms with van der Waals surface area (Å²) in [4.78, 5) is 13.5. The number of fused-ring (bicyclic) bond motifs is 1. The van der Waals surface area contributed by atoms with Crippen molar-refractivity contribution in [3.63, 3.8) is 0 Å². The molecule has 0 bridgehead atoms. The smallest absolute Gasteiger partial charge is 0.219 e. The average Bonchev–Trinajstić information content (AvgIpc) is 2.69. The molecule has 2 saturated heterocycles. The number of carbonyl (C=O) groups excluding carboxylic acids is 1. The predicted molar refractivity (Wildman–Crippen MR) is 56.3 cm³/mol. The van der Waals surface area contributed by atoms with Gasteiger partial charge < -0.3 is 9.64 Å². The molecule has 3 rings (SSSR count). The van der Waals surface area contributed by atoms with Crippen molar-refractivity contribution >= 4 is 5.91 Å². The number of likely N-dealkylation sites (tertiary alicyclic amines) is 1. The van der Waals surface area contributed by atoms with E-state index < -0.39 is 0 Å². The van der Waals surface area contributed by atoms with E-state index in [0.29, 0.717) is 29.6 Å². The quantitative estimate of drug-likeness (QED) is 0.612. The van der Waals surface area contributed by atoms with Crippen molar-refractivity contribution in [2.24, 2.45) is 11.3 Å². The fourth-order valence-electron chi connectivity index (χ4n) is 3.92. The van der Waals surface area contributed by atoms with E-state index in [1.165, 1.54) is 12.8 Å². The van der Waals surface area contributed by atoms with Gasteiger partial charge in [0.2, 0.25) is 5.91 Å². The zero-order chi connectivity index (χ0) is 10.8. The first kappa shape index (κ1) is 9.64. The van der Waals surface area contributed by atoms with Crippen LogP contribution < -0.4 is 0 Å². The molecule has 2 heterocycles. The van der Waals surface area contributed by atoms with Crippen molar-refractivity contribution in [1.29, 1.82) is 0 Å². The van der Waals surface area contributed by atoms with Crippen LogP contribution in [0.5, 0.6) is 0 Å². The van der Waals surface area contributed by atoms with Crippen LogP contribution in [0.1, 0.15) is 33.6 Å². The summed E-state index contributed by atoms with van der Waals surface area (Å²) < 4.78 is 5.50. The molecular formula is C12H19NO2. The van der Waals surface area contributed by atoms with Gasteiger partial charge in [0.25, 0.3) is 0 Å². The van der Waals surface area contributed by atoms with E-state index in [-0.39, 0.29) is 5.91 Å². The number of nitrogens with zero attached hydrogens (tertiary/aromatic N) is 1. The minimum absolute atomic E-state index is 0.237. The second kappa shape index (κ2) is 2.76. The van der Waals surface area contributed by atoms with Crippen molar-refractivity contribution in [2.75, 3.05) is 6.54 Å². The molecule has 1 amide bonds. The Hall–Kier alpha value is -0.570. The van der Waals surface area contributed by atoms with Crippen molar-refractivity contribution in [1.82, 2.24) is 4.90 Å². The fraction of sp³-hybridized carbons (Fsp3) is 0.917. The van der Waals surface area contributed by atoms with Crippen LogP contribution in [-0.4, -0.2) is 35.6 Å². The molecule has 0 aromatic carbocycles. The van der Waals surface area contributed by atoms with Crippen LogP contribution in [0.25, 0.3) is 0 Å². The summed E-state index contributed by atoms with van der Waals surface area (Å²) in [5.41, 5.74) is 0.410. The Labute approximate surface area is 90.8 Å². The largest absolute Gasteiger partial charge is 0.370 e. The minimum atomic E-state index is 0.237. The first-order chi connectivity index (χ1) is 7.03. The second-order valence-corrected chi connectivity index (χ2v) is 5.82. The van der Waals surface area contributed by atoms with E-state index in [0.717, 1.165) is 6.54 Å². The number of rotatable bonds is 1. The molecule has 0 aromatic rings. The van der Waals surface area contributed by atoms with Crippen molar-refractivity contribution in [3.05, 3.63) is 0 Å². The Morgan fingerprint density at radius 2 is 2.00 bits per heavy atom. The van der Waals surface area contributed by atoms with Gasteiger partial charge in [-0.25, -0.2) is 0 Å². The van der Waals surface area contributed by atoms with Gasteiger partial charge in [-0.2, -0.15) is 0 Å². The predicted octanol–water partition coefficient (Wildman–Crippen LogP) is 1.42. The van der Waals surface area contributed by atoms with Crippen LogP contribution in [0.2, 0.25) is 0 Å². The molecule has 84 valence electrons. The molecule has 2 unspecified atom stereocenters. The lowest BCUT2D eigenvalue weighted by atomic mass is 9.65. The molecule has 3 aliphatic rings. The van der Waals surface area contributed by atoms with E-state index >= 15 is 0 Å². The van der Waals surface area contributed by atoms with Gasteiger partial charge in [-0.1, -0.05) is 13.8 Å². The number of ether oxygens (including phenoxy) is 1. The van der Waals surface area contributed by atoms with Crippen LogP contribution in [0, 0.1) is 11.3 Å². The lowest BCUT2D eigenvalue weighted by Crippen LogP contribution is -2.67. The summed E-state index contributed by atoms with van der Waals surface area (Å²) in [7, 11) is 0. The molecule has 3 fully saturated rings. The SMILES string of the molecule is CC(=O)N1CC2(C[C@@H]3O[C@@H]3C2)C1C(C)C. The summed E-state index contributed by atoms with van der Waals surface area (Å²) in [6, 6.07) is 0.464. The van der Waals surface area contributed by atoms with E-state index in [1.807, 2.05) is 0 Å². The van der Waals surface area contributed by atoms with Crippen LogP contribution in [0.3, 0.4) is 0 Å². The monoisotopic (exact) mass is 209 g/mol. The molecule has 4 atom stereocenters. The van der Waals surface area contributed by atoms with Gasteiger partial charge in [-0.05, 0) is 18.8 Å². The molecule has 3 nitrogen and oxygen atoms in total. The first-order valence-electron chi connectivity index (χ1n) is 5.96. The molecule has 1 saturated carbocycles. The van der Waals surface area contributed by atoms with E-state index in [9.17, 15) is 4.79 Å². The topological polar surface area (TPSA) is 32.8 Å². The second-order valence-electron chi connectivity index (χ2n) is 5.82. The normalized spacial score (nSPS) is 46.9. The average molecular weight is 209 g/mol. The highest BCUT2D eigenvalue weighted by molar-refractivity contribution is 5.75. The lowest BCUT2D eigenvalue weighted by molar-refractivity contribution is -0.160. The number of hydrogen-bond acceptors (Lipinski definition) is 2. The minimum Gasteiger partial charge on any atom is -0.370 e. The zero-order valence-electron chi connectivity index (χ0n) is 9.69. The molecule has 1 spiro atoms. The van der Waals surface area contributed by atoms with Crippen molar-refractivity contribution in [2.45, 2.75) is 51.9 Å². The first-order valence-corrected chi connectivity index (χ1v) is 5.96. The molecule has 0 aromatic heterocycles. The Kier molecular flexibility index (Phi) is 1.77. The maximum Gasteiger partial charge on any atom is 0.219 e. The number of hydrogen-bond donors (Lipinski definition) is 0. The summed E-state index contributed by atoms with van der Waals surface area (Å²) in [5, 5.41) is 0. The number of carbonyl (C=O) groups is 1. The highest BCUT2D eigenvalue weighted by Gasteiger charge is 2.65. The third-order valence-electron chi connectivity index (χ3n) is 4.39. The Morgan fingerprint density at radius 3 is 2.47 bits per heavy atom. The van der Waals surface area contributed by atoms with Crippen LogP contribution in [-0.2, 0) is 9.53 Å². The Morgan fingerprint density at radius 1 is 1.40 bits per heavy atom. The maximum absolute atomic E-state index is 11.5. The molecule has 1 aliphatic carbocycles. The molecule has 0 N–H and O–H groups in total. The van der Waals surface area contributed by atoms with Gasteiger partial charge in [-0.15, -0.1) is 0 Å². The molecule has 15 heavy (non-hydrogen) atoms. The van der Waals surface area contributed by atoms with Crippen molar-refractivity contribution in [3.8, 4) is 0 Å². The van der Waals surface area contributed by atoms with E-state index in [2.05, 4.69) is 18.7 Å². The Bertz CT molecular complexity index is 303. The zero-order valence-corrected chi connectivity index (χ0v) is 9.69. The van der Waals surface area contributed by atoms with E-state index in [4.69, 9.17) is 4.74 Å². The number of epoxide rings is 1. The standard InChI is InChI=1S/C12H19NO2/c1-7(2)11-12(6-13(11)8(3)14)4-9-10(5-12)15-9/h7,9-11H,4-6H2,1-3H3/t9-,10+,11?,12?. The summed E-state index contributed by atoms with van der Waals surface area (Å²) in [5.74, 6) is 0.806.